The van der Waals surface area contributed by atoms with E-state index in [1.807, 2.05) is 24.3 Å². The zero-order chi connectivity index (χ0) is 13.0. The van der Waals surface area contributed by atoms with E-state index in [1.165, 1.54) is 11.1 Å². The molecule has 0 unspecified atom stereocenters. The molecule has 2 heteroatoms. The predicted octanol–water partition coefficient (Wildman–Crippen LogP) is 5.50. The van der Waals surface area contributed by atoms with Gasteiger partial charge in [0.1, 0.15) is 11.5 Å². The lowest BCUT2D eigenvalue weighted by Crippen LogP contribution is -1.93. The Labute approximate surface area is 117 Å². The van der Waals surface area contributed by atoms with Gasteiger partial charge in [-0.2, -0.15) is 0 Å². The second-order valence-electron chi connectivity index (χ2n) is 4.57. The van der Waals surface area contributed by atoms with E-state index in [4.69, 9.17) is 4.74 Å². The molecule has 0 aliphatic heterocycles. The third kappa shape index (κ3) is 3.14. The third-order valence-electron chi connectivity index (χ3n) is 2.85. The van der Waals surface area contributed by atoms with Gasteiger partial charge in [0, 0.05) is 5.33 Å². The number of benzene rings is 2. The Kier molecular flexibility index (Phi) is 4.43. The smallest absolute Gasteiger partial charge is 0.130 e. The summed E-state index contributed by atoms with van der Waals surface area (Å²) in [5.74, 6) is 2.29. The predicted molar refractivity (Wildman–Crippen MR) is 79.7 cm³/mol. The molecular formula is C16H17BrO. The van der Waals surface area contributed by atoms with E-state index in [9.17, 15) is 0 Å². The Morgan fingerprint density at radius 2 is 1.67 bits per heavy atom. The third-order valence-corrected chi connectivity index (χ3v) is 3.49. The van der Waals surface area contributed by atoms with E-state index in [2.05, 4.69) is 54.0 Å². The van der Waals surface area contributed by atoms with Crippen LogP contribution in [0.2, 0.25) is 0 Å². The van der Waals surface area contributed by atoms with Crippen LogP contribution >= 0.6 is 15.9 Å². The topological polar surface area (TPSA) is 9.23 Å². The fourth-order valence-corrected chi connectivity index (χ4v) is 2.20. The van der Waals surface area contributed by atoms with E-state index in [1.54, 1.807) is 0 Å². The average molecular weight is 305 g/mol. The molecule has 0 aromatic heterocycles. The molecule has 0 radical (unpaired) electrons. The minimum atomic E-state index is 0.461. The monoisotopic (exact) mass is 304 g/mol. The Bertz CT molecular complexity index is 503. The summed E-state index contributed by atoms with van der Waals surface area (Å²) in [7, 11) is 0. The molecule has 0 N–H and O–H groups in total. The molecule has 0 saturated carbocycles. The molecule has 0 saturated heterocycles. The number of para-hydroxylation sites is 1. The average Bonchev–Trinajstić information content (AvgIpc) is 2.40. The lowest BCUT2D eigenvalue weighted by Gasteiger charge is -2.13. The van der Waals surface area contributed by atoms with E-state index < -0.39 is 0 Å². The first-order chi connectivity index (χ1) is 8.70. The van der Waals surface area contributed by atoms with Crippen molar-refractivity contribution in [2.75, 3.05) is 0 Å². The zero-order valence-electron chi connectivity index (χ0n) is 10.7. The Balaban J connectivity index is 2.22. The number of hydrogen-bond donors (Lipinski definition) is 0. The Hall–Kier alpha value is -1.28. The van der Waals surface area contributed by atoms with Crippen LogP contribution in [0.4, 0.5) is 0 Å². The van der Waals surface area contributed by atoms with Crippen molar-refractivity contribution < 1.29 is 4.74 Å². The molecule has 0 bridgehead atoms. The first-order valence-electron chi connectivity index (χ1n) is 6.12. The maximum atomic E-state index is 5.95. The van der Waals surface area contributed by atoms with E-state index in [-0.39, 0.29) is 0 Å². The molecule has 2 aromatic rings. The molecule has 18 heavy (non-hydrogen) atoms. The van der Waals surface area contributed by atoms with Crippen LogP contribution in [0.15, 0.2) is 48.5 Å². The van der Waals surface area contributed by atoms with Crippen LogP contribution in [0.1, 0.15) is 30.9 Å². The molecule has 2 rings (SSSR count). The van der Waals surface area contributed by atoms with Gasteiger partial charge in [-0.3, -0.25) is 0 Å². The van der Waals surface area contributed by atoms with Crippen LogP contribution < -0.4 is 4.74 Å². The van der Waals surface area contributed by atoms with Gasteiger partial charge in [0.15, 0.2) is 0 Å². The first-order valence-corrected chi connectivity index (χ1v) is 7.24. The second-order valence-corrected chi connectivity index (χ2v) is 5.13. The van der Waals surface area contributed by atoms with Gasteiger partial charge in [0.2, 0.25) is 0 Å². The number of halogens is 1. The summed E-state index contributed by atoms with van der Waals surface area (Å²) in [5, 5.41) is 0.871. The van der Waals surface area contributed by atoms with Gasteiger partial charge in [-0.15, -0.1) is 0 Å². The number of hydrogen-bond acceptors (Lipinski definition) is 1. The van der Waals surface area contributed by atoms with Crippen LogP contribution in [-0.4, -0.2) is 0 Å². The minimum Gasteiger partial charge on any atom is -0.457 e. The number of alkyl halides is 1. The summed E-state index contributed by atoms with van der Waals surface area (Å²) in [4.78, 5) is 0. The summed E-state index contributed by atoms with van der Waals surface area (Å²) in [6, 6.07) is 16.4. The van der Waals surface area contributed by atoms with Gasteiger partial charge < -0.3 is 4.74 Å². The molecule has 2 aromatic carbocycles. The molecule has 0 spiro atoms. The fraction of sp³-hybridized carbons (Fsp3) is 0.250. The van der Waals surface area contributed by atoms with Crippen molar-refractivity contribution in [3.05, 3.63) is 59.7 Å². The van der Waals surface area contributed by atoms with Gasteiger partial charge >= 0.3 is 0 Å². The number of ether oxygens (including phenoxy) is 1. The van der Waals surface area contributed by atoms with Crippen LogP contribution in [0.5, 0.6) is 11.5 Å². The highest BCUT2D eigenvalue weighted by molar-refractivity contribution is 9.08. The van der Waals surface area contributed by atoms with Gasteiger partial charge in [-0.25, -0.2) is 0 Å². The van der Waals surface area contributed by atoms with Crippen molar-refractivity contribution in [3.63, 3.8) is 0 Å². The standard InChI is InChI=1S/C16H17BrO/c1-12(2)15-5-3-4-6-16(15)18-14-9-7-13(11-17)8-10-14/h3-10,12H,11H2,1-2H3. The fourth-order valence-electron chi connectivity index (χ4n) is 1.82. The highest BCUT2D eigenvalue weighted by Crippen LogP contribution is 2.30. The summed E-state index contributed by atoms with van der Waals surface area (Å²) in [5.41, 5.74) is 2.49. The van der Waals surface area contributed by atoms with Crippen LogP contribution in [-0.2, 0) is 5.33 Å². The normalized spacial score (nSPS) is 10.7. The summed E-state index contributed by atoms with van der Waals surface area (Å²) in [6.45, 7) is 4.35. The molecule has 0 atom stereocenters. The van der Waals surface area contributed by atoms with Gasteiger partial charge in [-0.1, -0.05) is 60.1 Å². The number of rotatable bonds is 4. The zero-order valence-corrected chi connectivity index (χ0v) is 12.3. The van der Waals surface area contributed by atoms with E-state index in [0.717, 1.165) is 16.8 Å². The minimum absolute atomic E-state index is 0.461. The van der Waals surface area contributed by atoms with Gasteiger partial charge in [0.25, 0.3) is 0 Å². The quantitative estimate of drug-likeness (QED) is 0.678. The molecule has 0 aliphatic rings. The molecule has 0 aliphatic carbocycles. The van der Waals surface area contributed by atoms with Crippen LogP contribution in [0, 0.1) is 0 Å². The largest absolute Gasteiger partial charge is 0.457 e. The lowest BCUT2D eigenvalue weighted by molar-refractivity contribution is 0.473. The van der Waals surface area contributed by atoms with E-state index >= 15 is 0 Å². The van der Waals surface area contributed by atoms with E-state index in [0.29, 0.717) is 5.92 Å². The van der Waals surface area contributed by atoms with Gasteiger partial charge in [-0.05, 0) is 35.2 Å². The highest BCUT2D eigenvalue weighted by Gasteiger charge is 2.07. The van der Waals surface area contributed by atoms with Gasteiger partial charge in [0.05, 0.1) is 0 Å². The summed E-state index contributed by atoms with van der Waals surface area (Å²) < 4.78 is 5.95. The Morgan fingerprint density at radius 1 is 1.00 bits per heavy atom. The second kappa shape index (κ2) is 6.05. The SMILES string of the molecule is CC(C)c1ccccc1Oc1ccc(CBr)cc1. The highest BCUT2D eigenvalue weighted by atomic mass is 79.9. The maximum Gasteiger partial charge on any atom is 0.130 e. The first kappa shape index (κ1) is 13.2. The summed E-state index contributed by atoms with van der Waals surface area (Å²) in [6.07, 6.45) is 0. The molecule has 0 heterocycles. The van der Waals surface area contributed by atoms with Crippen molar-refractivity contribution in [2.24, 2.45) is 0 Å². The molecule has 0 amide bonds. The van der Waals surface area contributed by atoms with Crippen LogP contribution in [0.25, 0.3) is 0 Å². The van der Waals surface area contributed by atoms with Crippen molar-refractivity contribution >= 4 is 15.9 Å². The van der Waals surface area contributed by atoms with Crippen LogP contribution in [0.3, 0.4) is 0 Å². The van der Waals surface area contributed by atoms with Crippen molar-refractivity contribution in [3.8, 4) is 11.5 Å². The van der Waals surface area contributed by atoms with Crippen molar-refractivity contribution in [1.82, 2.24) is 0 Å². The maximum absolute atomic E-state index is 5.95. The molecule has 0 fully saturated rings. The van der Waals surface area contributed by atoms with Crippen molar-refractivity contribution in [1.29, 1.82) is 0 Å². The Morgan fingerprint density at radius 3 is 2.28 bits per heavy atom. The van der Waals surface area contributed by atoms with Crippen molar-refractivity contribution in [2.45, 2.75) is 25.1 Å². The summed E-state index contributed by atoms with van der Waals surface area (Å²) >= 11 is 3.44. The molecular weight excluding hydrogens is 288 g/mol. The molecule has 1 nitrogen and oxygen atoms in total. The molecule has 94 valence electrons. The lowest BCUT2D eigenvalue weighted by atomic mass is 10.0.